The number of nitriles is 1. The molecule has 5 rings (SSSR count). The summed E-state index contributed by atoms with van der Waals surface area (Å²) in [7, 11) is 0. The zero-order valence-corrected chi connectivity index (χ0v) is 22.6. The van der Waals surface area contributed by atoms with Gasteiger partial charge in [0.05, 0.1) is 16.6 Å². The molecule has 37 heavy (non-hydrogen) atoms. The first-order valence-electron chi connectivity index (χ1n) is 14.0. The van der Waals surface area contributed by atoms with Crippen LogP contribution in [0.1, 0.15) is 67.7 Å². The number of piperazine rings is 1. The number of nitrogens with zero attached hydrogens (tertiary/aromatic N) is 5. The molecule has 0 amide bonds. The van der Waals surface area contributed by atoms with Crippen LogP contribution in [0, 0.1) is 25.2 Å². The minimum atomic E-state index is 0.722. The van der Waals surface area contributed by atoms with Gasteiger partial charge >= 0.3 is 0 Å². The van der Waals surface area contributed by atoms with Gasteiger partial charge < -0.3 is 9.80 Å². The van der Waals surface area contributed by atoms with E-state index in [2.05, 4.69) is 83.5 Å². The van der Waals surface area contributed by atoms with Crippen LogP contribution < -0.4 is 9.80 Å². The summed E-state index contributed by atoms with van der Waals surface area (Å²) in [4.78, 5) is 10.0. The lowest BCUT2D eigenvalue weighted by molar-refractivity contribution is 0.603. The zero-order valence-electron chi connectivity index (χ0n) is 22.6. The van der Waals surface area contributed by atoms with Crippen molar-refractivity contribution in [3.63, 3.8) is 0 Å². The van der Waals surface area contributed by atoms with Gasteiger partial charge in [0.1, 0.15) is 11.9 Å². The molecule has 1 fully saturated rings. The third kappa shape index (κ3) is 4.90. The quantitative estimate of drug-likeness (QED) is 0.231. The molecule has 0 saturated carbocycles. The van der Waals surface area contributed by atoms with Crippen LogP contribution in [0.2, 0.25) is 0 Å². The molecule has 3 heterocycles. The summed E-state index contributed by atoms with van der Waals surface area (Å²) >= 11 is 0. The molecule has 0 unspecified atom stereocenters. The van der Waals surface area contributed by atoms with Gasteiger partial charge in [-0.15, -0.1) is 0 Å². The van der Waals surface area contributed by atoms with E-state index in [1.54, 1.807) is 0 Å². The molecule has 2 aromatic carbocycles. The highest BCUT2D eigenvalue weighted by Crippen LogP contribution is 2.35. The van der Waals surface area contributed by atoms with Crippen molar-refractivity contribution >= 4 is 28.2 Å². The Morgan fingerprint density at radius 2 is 1.51 bits per heavy atom. The van der Waals surface area contributed by atoms with Gasteiger partial charge in [0.15, 0.2) is 5.65 Å². The normalized spacial score (nSPS) is 14.0. The predicted octanol–water partition coefficient (Wildman–Crippen LogP) is 7.21. The van der Waals surface area contributed by atoms with Gasteiger partial charge in [-0.2, -0.15) is 5.26 Å². The van der Waals surface area contributed by atoms with E-state index in [1.165, 1.54) is 54.7 Å². The van der Waals surface area contributed by atoms with Gasteiger partial charge in [0.2, 0.25) is 0 Å². The van der Waals surface area contributed by atoms with Gasteiger partial charge in [-0.3, -0.25) is 4.40 Å². The fourth-order valence-corrected chi connectivity index (χ4v) is 5.95. The van der Waals surface area contributed by atoms with Crippen LogP contribution in [-0.4, -0.2) is 35.6 Å². The summed E-state index contributed by atoms with van der Waals surface area (Å²) in [6, 6.07) is 19.5. The number of anilines is 2. The zero-order chi connectivity index (χ0) is 25.8. The number of unbranched alkanes of at least 4 members (excludes halogenated alkanes) is 5. The maximum absolute atomic E-state index is 10.2. The average Bonchev–Trinajstić information content (AvgIpc) is 3.30. The number of rotatable bonds is 9. The molecule has 1 aliphatic heterocycles. The number of para-hydroxylation sites is 3. The number of aromatic nitrogens is 2. The highest BCUT2D eigenvalue weighted by atomic mass is 15.3. The van der Waals surface area contributed by atoms with E-state index in [9.17, 15) is 5.26 Å². The van der Waals surface area contributed by atoms with E-state index in [0.29, 0.717) is 0 Å². The topological polar surface area (TPSA) is 47.6 Å². The Bertz CT molecular complexity index is 1420. The number of aryl methyl sites for hydroxylation is 1. The molecule has 0 spiro atoms. The second kappa shape index (κ2) is 11.3. The molecule has 0 radical (unpaired) electrons. The summed E-state index contributed by atoms with van der Waals surface area (Å²) in [5, 5.41) is 10.2. The van der Waals surface area contributed by atoms with Crippen LogP contribution >= 0.6 is 0 Å². The Morgan fingerprint density at radius 1 is 0.838 bits per heavy atom. The molecule has 2 aromatic heterocycles. The molecule has 0 bridgehead atoms. The third-order valence-electron chi connectivity index (χ3n) is 8.02. The second-order valence-corrected chi connectivity index (χ2v) is 10.5. The van der Waals surface area contributed by atoms with Crippen LogP contribution in [0.5, 0.6) is 0 Å². The standard InChI is InChI=1S/C32H39N5/c1-4-5-6-7-8-9-15-26-25(3)27(23-33)31-34-28-16-11-13-18-30(28)37(31)32(26)36-21-19-35(20-22-36)29-17-12-10-14-24(29)2/h10-14,16-18H,4-9,15,19-22H2,1-3H3. The Labute approximate surface area is 221 Å². The van der Waals surface area contributed by atoms with Gasteiger partial charge in [0, 0.05) is 31.9 Å². The molecular formula is C32H39N5. The highest BCUT2D eigenvalue weighted by molar-refractivity contribution is 5.86. The lowest BCUT2D eigenvalue weighted by Gasteiger charge is -2.39. The third-order valence-corrected chi connectivity index (χ3v) is 8.02. The Balaban J connectivity index is 1.54. The van der Waals surface area contributed by atoms with E-state index in [1.807, 2.05) is 6.07 Å². The number of fused-ring (bicyclic) bond motifs is 3. The van der Waals surface area contributed by atoms with Crippen LogP contribution in [0.15, 0.2) is 48.5 Å². The second-order valence-electron chi connectivity index (χ2n) is 10.5. The lowest BCUT2D eigenvalue weighted by atomic mass is 9.97. The predicted molar refractivity (Wildman–Crippen MR) is 155 cm³/mol. The molecule has 0 aliphatic carbocycles. The number of hydrogen-bond acceptors (Lipinski definition) is 4. The fourth-order valence-electron chi connectivity index (χ4n) is 5.95. The maximum Gasteiger partial charge on any atom is 0.157 e. The maximum atomic E-state index is 10.2. The minimum Gasteiger partial charge on any atom is -0.368 e. The number of imidazole rings is 1. The summed E-state index contributed by atoms with van der Waals surface area (Å²) in [6.07, 6.45) is 8.60. The molecular weight excluding hydrogens is 454 g/mol. The largest absolute Gasteiger partial charge is 0.368 e. The smallest absolute Gasteiger partial charge is 0.157 e. The molecule has 1 saturated heterocycles. The molecule has 4 aromatic rings. The fraction of sp³-hybridized carbons (Fsp3) is 0.438. The molecule has 5 nitrogen and oxygen atoms in total. The Morgan fingerprint density at radius 3 is 2.27 bits per heavy atom. The van der Waals surface area contributed by atoms with Crippen LogP contribution in [-0.2, 0) is 6.42 Å². The SMILES string of the molecule is CCCCCCCCc1c(C)c(C#N)c2nc3ccccc3n2c1N1CCN(c2ccccc2C)CC1. The van der Waals surface area contributed by atoms with Crippen molar-refractivity contribution in [3.05, 3.63) is 70.8 Å². The molecule has 5 heteroatoms. The van der Waals surface area contributed by atoms with Crippen molar-refractivity contribution in [2.24, 2.45) is 0 Å². The summed E-state index contributed by atoms with van der Waals surface area (Å²) in [6.45, 7) is 10.5. The van der Waals surface area contributed by atoms with E-state index in [-0.39, 0.29) is 0 Å². The van der Waals surface area contributed by atoms with E-state index in [4.69, 9.17) is 4.98 Å². The number of pyridine rings is 1. The summed E-state index contributed by atoms with van der Waals surface area (Å²) in [5.41, 5.74) is 8.66. The molecule has 0 atom stereocenters. The highest BCUT2D eigenvalue weighted by Gasteiger charge is 2.27. The van der Waals surface area contributed by atoms with Crippen molar-refractivity contribution in [1.29, 1.82) is 5.26 Å². The first kappa shape index (κ1) is 25.1. The minimum absolute atomic E-state index is 0.722. The van der Waals surface area contributed by atoms with Gasteiger partial charge in [-0.25, -0.2) is 4.98 Å². The van der Waals surface area contributed by atoms with E-state index in [0.717, 1.165) is 66.8 Å². The average molecular weight is 494 g/mol. The van der Waals surface area contributed by atoms with Gasteiger partial charge in [0.25, 0.3) is 0 Å². The van der Waals surface area contributed by atoms with E-state index >= 15 is 0 Å². The first-order chi connectivity index (χ1) is 18.1. The monoisotopic (exact) mass is 493 g/mol. The lowest BCUT2D eigenvalue weighted by Crippen LogP contribution is -2.47. The van der Waals surface area contributed by atoms with Crippen molar-refractivity contribution < 1.29 is 0 Å². The number of benzene rings is 2. The van der Waals surface area contributed by atoms with E-state index < -0.39 is 0 Å². The van der Waals surface area contributed by atoms with Crippen LogP contribution in [0.4, 0.5) is 11.5 Å². The van der Waals surface area contributed by atoms with Crippen molar-refractivity contribution in [2.75, 3.05) is 36.0 Å². The van der Waals surface area contributed by atoms with Gasteiger partial charge in [-0.1, -0.05) is 69.4 Å². The summed E-state index contributed by atoms with van der Waals surface area (Å²) < 4.78 is 2.29. The summed E-state index contributed by atoms with van der Waals surface area (Å²) in [5.74, 6) is 1.25. The molecule has 0 N–H and O–H groups in total. The first-order valence-corrected chi connectivity index (χ1v) is 14.0. The van der Waals surface area contributed by atoms with Crippen LogP contribution in [0.25, 0.3) is 16.7 Å². The van der Waals surface area contributed by atoms with Crippen molar-refractivity contribution in [2.45, 2.75) is 65.7 Å². The number of hydrogen-bond donors (Lipinski definition) is 0. The van der Waals surface area contributed by atoms with Gasteiger partial charge in [-0.05, 0) is 61.6 Å². The Kier molecular flexibility index (Phi) is 7.65. The Hall–Kier alpha value is -3.52. The molecule has 192 valence electrons. The van der Waals surface area contributed by atoms with Crippen LogP contribution in [0.3, 0.4) is 0 Å². The van der Waals surface area contributed by atoms with Crippen molar-refractivity contribution in [1.82, 2.24) is 9.38 Å². The van der Waals surface area contributed by atoms with Crippen molar-refractivity contribution in [3.8, 4) is 6.07 Å². The molecule has 1 aliphatic rings.